The Kier molecular flexibility index (Phi) is 7.70. The van der Waals surface area contributed by atoms with Crippen LogP contribution in [0.4, 0.5) is 15.3 Å². The molecule has 0 atom stereocenters. The van der Waals surface area contributed by atoms with Crippen molar-refractivity contribution in [1.82, 2.24) is 19.4 Å². The number of primary amides is 1. The minimum atomic E-state index is -0.838. The van der Waals surface area contributed by atoms with E-state index in [-0.39, 0.29) is 6.54 Å². The van der Waals surface area contributed by atoms with Gasteiger partial charge in [-0.3, -0.25) is 4.98 Å². The van der Waals surface area contributed by atoms with Crippen molar-refractivity contribution >= 4 is 39.7 Å². The number of fused-ring (bicyclic) bond motifs is 3. The van der Waals surface area contributed by atoms with Gasteiger partial charge >= 0.3 is 12.1 Å². The van der Waals surface area contributed by atoms with E-state index in [9.17, 15) is 9.59 Å². The van der Waals surface area contributed by atoms with Crippen molar-refractivity contribution in [3.05, 3.63) is 60.0 Å². The van der Waals surface area contributed by atoms with Gasteiger partial charge in [-0.2, -0.15) is 0 Å². The summed E-state index contributed by atoms with van der Waals surface area (Å²) in [4.78, 5) is 34.8. The van der Waals surface area contributed by atoms with Crippen molar-refractivity contribution in [2.24, 2.45) is 5.73 Å². The molecule has 200 valence electrons. The first kappa shape index (κ1) is 26.7. The highest BCUT2D eigenvalue weighted by atomic mass is 16.6. The fourth-order valence-electron chi connectivity index (χ4n) is 4.36. The number of anilines is 1. The molecular weight excluding hydrogens is 484 g/mol. The van der Waals surface area contributed by atoms with Crippen LogP contribution in [0.15, 0.2) is 48.7 Å². The number of benzene rings is 2. The van der Waals surface area contributed by atoms with Crippen LogP contribution < -0.4 is 16.2 Å². The number of unbranched alkanes of at least 4 members (excludes halogenated alkanes) is 1. The molecule has 0 saturated carbocycles. The molecule has 0 saturated heterocycles. The third-order valence-electron chi connectivity index (χ3n) is 6.11. The number of nitrogens with zero attached hydrogens (tertiary/aromatic N) is 4. The Balaban J connectivity index is 1.62. The number of nitrogen functional groups attached to an aromatic ring is 1. The van der Waals surface area contributed by atoms with Crippen molar-refractivity contribution in [2.75, 3.05) is 19.4 Å². The van der Waals surface area contributed by atoms with Crippen LogP contribution in [0.1, 0.15) is 45.0 Å². The van der Waals surface area contributed by atoms with E-state index < -0.39 is 17.7 Å². The van der Waals surface area contributed by atoms with E-state index in [1.165, 1.54) is 0 Å². The van der Waals surface area contributed by atoms with E-state index in [2.05, 4.69) is 9.55 Å². The molecule has 2 aromatic carbocycles. The number of carbonyl (C=O) groups is 2. The van der Waals surface area contributed by atoms with Gasteiger partial charge in [0.25, 0.3) is 0 Å². The number of ether oxygens (including phenoxy) is 2. The second kappa shape index (κ2) is 11.0. The Hall–Kier alpha value is -4.34. The Morgan fingerprint density at radius 2 is 1.82 bits per heavy atom. The molecule has 38 heavy (non-hydrogen) atoms. The molecule has 0 bridgehead atoms. The van der Waals surface area contributed by atoms with Crippen LogP contribution in [0.2, 0.25) is 0 Å². The molecule has 0 unspecified atom stereocenters. The summed E-state index contributed by atoms with van der Waals surface area (Å²) in [5.74, 6) is 1.62. The maximum Gasteiger partial charge on any atom is 0.418 e. The molecule has 4 aromatic rings. The van der Waals surface area contributed by atoms with Gasteiger partial charge < -0.3 is 25.5 Å². The average molecular weight is 519 g/mol. The smallest absolute Gasteiger partial charge is 0.418 e. The van der Waals surface area contributed by atoms with E-state index in [1.54, 1.807) is 34.1 Å². The quantitative estimate of drug-likeness (QED) is 0.251. The highest BCUT2D eigenvalue weighted by molar-refractivity contribution is 6.07. The lowest BCUT2D eigenvalue weighted by Crippen LogP contribution is -2.44. The number of pyridine rings is 1. The monoisotopic (exact) mass is 518 g/mol. The SMILES string of the molecule is COc1ccc(Cc2nc3c(N)cc4cccnc4c3n2CCCCN(C(N)=O)C(=O)OC(C)(C)C)cc1. The standard InChI is InChI=1S/C28H34N6O4/c1-28(2,3)38-27(36)34(26(30)35)15-6-5-14-33-22(16-18-9-11-20(37-4)12-10-18)32-24-21(29)17-19-8-7-13-31-23(19)25(24)33/h7-13,17H,5-6,14-16,29H2,1-4H3,(H2,30,35). The second-order valence-electron chi connectivity index (χ2n) is 10.1. The van der Waals surface area contributed by atoms with Crippen molar-refractivity contribution in [1.29, 1.82) is 0 Å². The minimum Gasteiger partial charge on any atom is -0.497 e. The van der Waals surface area contributed by atoms with Crippen molar-refractivity contribution in [3.8, 4) is 5.75 Å². The zero-order valence-corrected chi connectivity index (χ0v) is 22.2. The third kappa shape index (κ3) is 5.96. The summed E-state index contributed by atoms with van der Waals surface area (Å²) in [6, 6.07) is 12.8. The van der Waals surface area contributed by atoms with E-state index in [0.717, 1.165) is 38.5 Å². The van der Waals surface area contributed by atoms with Crippen LogP contribution in [-0.2, 0) is 17.7 Å². The fourth-order valence-corrected chi connectivity index (χ4v) is 4.36. The highest BCUT2D eigenvalue weighted by Crippen LogP contribution is 2.31. The van der Waals surface area contributed by atoms with Gasteiger partial charge in [-0.1, -0.05) is 18.2 Å². The summed E-state index contributed by atoms with van der Waals surface area (Å²) < 4.78 is 12.7. The van der Waals surface area contributed by atoms with Crippen LogP contribution in [-0.4, -0.2) is 50.8 Å². The molecule has 10 heteroatoms. The van der Waals surface area contributed by atoms with Crippen molar-refractivity contribution in [3.63, 3.8) is 0 Å². The van der Waals surface area contributed by atoms with Gasteiger partial charge in [0.1, 0.15) is 22.7 Å². The van der Waals surface area contributed by atoms with Gasteiger partial charge in [0.05, 0.1) is 23.8 Å². The molecule has 2 aromatic heterocycles. The predicted molar refractivity (Wildman–Crippen MR) is 147 cm³/mol. The van der Waals surface area contributed by atoms with Crippen molar-refractivity contribution < 1.29 is 19.1 Å². The number of aryl methyl sites for hydroxylation is 1. The van der Waals surface area contributed by atoms with E-state index in [0.29, 0.717) is 37.0 Å². The number of rotatable bonds is 8. The lowest BCUT2D eigenvalue weighted by Gasteiger charge is -2.25. The minimum absolute atomic E-state index is 0.145. The molecule has 0 aliphatic carbocycles. The molecule has 0 fully saturated rings. The van der Waals surface area contributed by atoms with Crippen molar-refractivity contribution in [2.45, 2.75) is 52.2 Å². The highest BCUT2D eigenvalue weighted by Gasteiger charge is 2.25. The average Bonchev–Trinajstić information content (AvgIpc) is 3.22. The van der Waals surface area contributed by atoms with Gasteiger partial charge in [-0.05, 0) is 63.4 Å². The number of methoxy groups -OCH3 is 1. The third-order valence-corrected chi connectivity index (χ3v) is 6.11. The fraction of sp³-hybridized carbons (Fsp3) is 0.357. The predicted octanol–water partition coefficient (Wildman–Crippen LogP) is 4.86. The van der Waals surface area contributed by atoms with Crippen LogP contribution in [0.25, 0.3) is 21.9 Å². The Labute approximate surface area is 221 Å². The largest absolute Gasteiger partial charge is 0.497 e. The van der Waals surface area contributed by atoms with Crippen LogP contribution in [0.5, 0.6) is 5.75 Å². The van der Waals surface area contributed by atoms with E-state index in [4.69, 9.17) is 25.9 Å². The molecule has 4 rings (SSSR count). The molecule has 0 aliphatic heterocycles. The number of hydrogen-bond donors (Lipinski definition) is 2. The Morgan fingerprint density at radius 1 is 1.08 bits per heavy atom. The molecular formula is C28H34N6O4. The van der Waals surface area contributed by atoms with Crippen LogP contribution >= 0.6 is 0 Å². The molecule has 0 aliphatic rings. The first-order chi connectivity index (χ1) is 18.1. The second-order valence-corrected chi connectivity index (χ2v) is 10.1. The summed E-state index contributed by atoms with van der Waals surface area (Å²) in [6.45, 7) is 5.94. The molecule has 4 N–H and O–H groups in total. The van der Waals surface area contributed by atoms with Gasteiger partial charge in [-0.15, -0.1) is 0 Å². The summed E-state index contributed by atoms with van der Waals surface area (Å²) >= 11 is 0. The number of imidazole rings is 1. The van der Waals surface area contributed by atoms with E-state index in [1.807, 2.05) is 42.5 Å². The Morgan fingerprint density at radius 3 is 2.47 bits per heavy atom. The lowest BCUT2D eigenvalue weighted by atomic mass is 10.1. The molecule has 10 nitrogen and oxygen atoms in total. The first-order valence-corrected chi connectivity index (χ1v) is 12.5. The first-order valence-electron chi connectivity index (χ1n) is 12.5. The number of nitrogens with two attached hydrogens (primary N) is 2. The Bertz CT molecular complexity index is 1460. The topological polar surface area (TPSA) is 139 Å². The summed E-state index contributed by atoms with van der Waals surface area (Å²) in [5, 5.41) is 0.930. The van der Waals surface area contributed by atoms with Crippen LogP contribution in [0.3, 0.4) is 0 Å². The number of imide groups is 1. The normalized spacial score (nSPS) is 11.6. The molecule has 0 radical (unpaired) electrons. The maximum atomic E-state index is 12.4. The number of amides is 3. The summed E-state index contributed by atoms with van der Waals surface area (Å²) in [7, 11) is 1.64. The lowest BCUT2D eigenvalue weighted by molar-refractivity contribution is 0.0326. The van der Waals surface area contributed by atoms with E-state index >= 15 is 0 Å². The van der Waals surface area contributed by atoms with Gasteiger partial charge in [-0.25, -0.2) is 19.5 Å². The zero-order valence-electron chi connectivity index (χ0n) is 22.2. The maximum absolute atomic E-state index is 12.4. The number of hydrogen-bond acceptors (Lipinski definition) is 7. The van der Waals surface area contributed by atoms with Gasteiger partial charge in [0.15, 0.2) is 0 Å². The molecule has 3 amide bonds. The summed E-state index contributed by atoms with van der Waals surface area (Å²) in [6.07, 6.45) is 2.76. The number of urea groups is 1. The zero-order chi connectivity index (χ0) is 27.4. The van der Waals surface area contributed by atoms with Crippen LogP contribution in [0, 0.1) is 0 Å². The number of carbonyl (C=O) groups excluding carboxylic acids is 2. The van der Waals surface area contributed by atoms with Gasteiger partial charge in [0.2, 0.25) is 0 Å². The summed E-state index contributed by atoms with van der Waals surface area (Å²) in [5.41, 5.74) is 15.2. The van der Waals surface area contributed by atoms with Gasteiger partial charge in [0, 0.05) is 31.1 Å². The molecule has 2 heterocycles. The molecule has 0 spiro atoms. The number of aromatic nitrogens is 3.